The van der Waals surface area contributed by atoms with E-state index in [1.807, 2.05) is 11.8 Å². The van der Waals surface area contributed by atoms with Crippen LogP contribution in [0.15, 0.2) is 46.5 Å². The van der Waals surface area contributed by atoms with Crippen LogP contribution in [-0.4, -0.2) is 31.8 Å². The number of aliphatic imine (C=N–C) groups is 2. The number of halogens is 1. The smallest absolute Gasteiger partial charge is 0.218 e. The Morgan fingerprint density at radius 2 is 1.78 bits per heavy atom. The van der Waals surface area contributed by atoms with E-state index in [4.69, 9.17) is 0 Å². The molecule has 0 amide bonds. The fourth-order valence-corrected chi connectivity index (χ4v) is 2.62. The number of allylic oxidation sites excluding steroid dienone is 1. The van der Waals surface area contributed by atoms with Gasteiger partial charge in [0.1, 0.15) is 5.82 Å². The third-order valence-electron chi connectivity index (χ3n) is 4.22. The molecule has 0 aliphatic rings. The zero-order valence-electron chi connectivity index (χ0n) is 17.2. The van der Waals surface area contributed by atoms with E-state index in [2.05, 4.69) is 35.7 Å². The highest BCUT2D eigenvalue weighted by Gasteiger charge is 2.07. The Balaban J connectivity index is 2.74. The van der Waals surface area contributed by atoms with Crippen molar-refractivity contribution >= 4 is 17.9 Å². The molecule has 0 aliphatic carbocycles. The van der Waals surface area contributed by atoms with E-state index < -0.39 is 0 Å². The number of nitrogens with zero attached hydrogens (tertiary/aromatic N) is 3. The van der Waals surface area contributed by atoms with E-state index in [9.17, 15) is 4.39 Å². The Hall–Kier alpha value is -2.17. The highest BCUT2D eigenvalue weighted by Crippen LogP contribution is 2.17. The first kappa shape index (κ1) is 22.9. The van der Waals surface area contributed by atoms with Gasteiger partial charge in [-0.15, -0.1) is 0 Å². The summed E-state index contributed by atoms with van der Waals surface area (Å²) in [5, 5.41) is 3.31. The van der Waals surface area contributed by atoms with Crippen LogP contribution >= 0.6 is 0 Å². The van der Waals surface area contributed by atoms with E-state index in [1.54, 1.807) is 18.3 Å². The van der Waals surface area contributed by atoms with E-state index in [0.29, 0.717) is 5.96 Å². The summed E-state index contributed by atoms with van der Waals surface area (Å²) in [7, 11) is 0. The van der Waals surface area contributed by atoms with Gasteiger partial charge in [-0.25, -0.2) is 9.38 Å². The van der Waals surface area contributed by atoms with Gasteiger partial charge in [-0.1, -0.05) is 46.1 Å². The molecule has 27 heavy (non-hydrogen) atoms. The quantitative estimate of drug-likeness (QED) is 0.295. The lowest BCUT2D eigenvalue weighted by molar-refractivity contribution is 0.627. The van der Waals surface area contributed by atoms with Crippen LogP contribution in [0.5, 0.6) is 0 Å². The zero-order chi connectivity index (χ0) is 19.9. The van der Waals surface area contributed by atoms with Gasteiger partial charge in [-0.2, -0.15) is 0 Å². The summed E-state index contributed by atoms with van der Waals surface area (Å²) in [6, 6.07) is 6.41. The van der Waals surface area contributed by atoms with E-state index in [0.717, 1.165) is 50.3 Å². The third-order valence-corrected chi connectivity index (χ3v) is 4.22. The summed E-state index contributed by atoms with van der Waals surface area (Å²) >= 11 is 0. The second kappa shape index (κ2) is 14.0. The molecule has 5 heteroatoms. The molecule has 4 nitrogen and oxygen atoms in total. The van der Waals surface area contributed by atoms with Crippen LogP contribution in [-0.2, 0) is 0 Å². The average molecular weight is 375 g/mol. The summed E-state index contributed by atoms with van der Waals surface area (Å²) in [6.07, 6.45) is 8.70. The predicted molar refractivity (Wildman–Crippen MR) is 116 cm³/mol. The highest BCUT2D eigenvalue weighted by molar-refractivity contribution is 5.94. The molecule has 150 valence electrons. The van der Waals surface area contributed by atoms with Crippen molar-refractivity contribution in [3.8, 4) is 0 Å². The number of rotatable bonds is 12. The van der Waals surface area contributed by atoms with Gasteiger partial charge in [-0.05, 0) is 44.0 Å². The zero-order valence-corrected chi connectivity index (χ0v) is 17.2. The first-order chi connectivity index (χ1) is 13.1. The Morgan fingerprint density at radius 1 is 1.07 bits per heavy atom. The second-order valence-corrected chi connectivity index (χ2v) is 6.52. The fourth-order valence-electron chi connectivity index (χ4n) is 2.62. The van der Waals surface area contributed by atoms with Crippen LogP contribution in [0.25, 0.3) is 0 Å². The normalized spacial score (nSPS) is 11.8. The Labute approximate surface area is 164 Å². The molecule has 0 radical (unpaired) electrons. The van der Waals surface area contributed by atoms with Crippen LogP contribution in [0.2, 0.25) is 0 Å². The summed E-state index contributed by atoms with van der Waals surface area (Å²) in [4.78, 5) is 11.1. The SMILES string of the molecule is C=C(/C=N\C(=N/CCCCCC)NCCCC)N(CC)c1ccc(F)cc1. The molecule has 0 unspecified atom stereocenters. The first-order valence-corrected chi connectivity index (χ1v) is 10.2. The Morgan fingerprint density at radius 3 is 2.41 bits per heavy atom. The predicted octanol–water partition coefficient (Wildman–Crippen LogP) is 5.56. The van der Waals surface area contributed by atoms with Crippen molar-refractivity contribution < 1.29 is 4.39 Å². The molecule has 1 rings (SSSR count). The van der Waals surface area contributed by atoms with Gasteiger partial charge in [-0.3, -0.25) is 4.99 Å². The largest absolute Gasteiger partial charge is 0.355 e. The van der Waals surface area contributed by atoms with Crippen LogP contribution in [0.1, 0.15) is 59.3 Å². The monoisotopic (exact) mass is 374 g/mol. The third kappa shape index (κ3) is 9.36. The van der Waals surface area contributed by atoms with E-state index in [1.165, 1.54) is 31.4 Å². The summed E-state index contributed by atoms with van der Waals surface area (Å²) < 4.78 is 13.2. The van der Waals surface area contributed by atoms with Crippen molar-refractivity contribution in [2.75, 3.05) is 24.5 Å². The molecule has 0 saturated heterocycles. The number of benzene rings is 1. The van der Waals surface area contributed by atoms with Crippen molar-refractivity contribution in [3.05, 3.63) is 42.4 Å². The van der Waals surface area contributed by atoms with Crippen LogP contribution in [0, 0.1) is 5.82 Å². The highest BCUT2D eigenvalue weighted by atomic mass is 19.1. The van der Waals surface area contributed by atoms with Crippen molar-refractivity contribution in [2.45, 2.75) is 59.3 Å². The number of unbranched alkanes of at least 4 members (excludes halogenated alkanes) is 4. The molecular weight excluding hydrogens is 339 g/mol. The maximum atomic E-state index is 13.2. The number of anilines is 1. The van der Waals surface area contributed by atoms with Crippen molar-refractivity contribution in [1.82, 2.24) is 5.32 Å². The molecule has 0 aromatic heterocycles. The minimum Gasteiger partial charge on any atom is -0.355 e. The maximum Gasteiger partial charge on any atom is 0.218 e. The lowest BCUT2D eigenvalue weighted by Gasteiger charge is -2.23. The second-order valence-electron chi connectivity index (χ2n) is 6.52. The lowest BCUT2D eigenvalue weighted by atomic mass is 10.2. The first-order valence-electron chi connectivity index (χ1n) is 10.2. The minimum absolute atomic E-state index is 0.244. The number of hydrogen-bond donors (Lipinski definition) is 1. The van der Waals surface area contributed by atoms with Gasteiger partial charge < -0.3 is 10.2 Å². The molecule has 0 atom stereocenters. The van der Waals surface area contributed by atoms with Gasteiger partial charge in [0.15, 0.2) is 0 Å². The average Bonchev–Trinajstić information content (AvgIpc) is 2.67. The molecule has 0 spiro atoms. The molecule has 1 aromatic carbocycles. The molecule has 0 saturated carbocycles. The number of hydrogen-bond acceptors (Lipinski definition) is 2. The molecule has 0 aliphatic heterocycles. The molecule has 0 fully saturated rings. The molecule has 1 aromatic rings. The van der Waals surface area contributed by atoms with Gasteiger partial charge in [0.25, 0.3) is 0 Å². The van der Waals surface area contributed by atoms with Gasteiger partial charge in [0.2, 0.25) is 5.96 Å². The van der Waals surface area contributed by atoms with Crippen LogP contribution < -0.4 is 10.2 Å². The summed E-state index contributed by atoms with van der Waals surface area (Å²) in [6.45, 7) is 12.9. The van der Waals surface area contributed by atoms with Crippen molar-refractivity contribution in [3.63, 3.8) is 0 Å². The maximum absolute atomic E-state index is 13.2. The summed E-state index contributed by atoms with van der Waals surface area (Å²) in [5.41, 5.74) is 1.65. The van der Waals surface area contributed by atoms with E-state index >= 15 is 0 Å². The number of guanidine groups is 1. The van der Waals surface area contributed by atoms with Gasteiger partial charge in [0.05, 0.1) is 11.9 Å². The fraction of sp³-hybridized carbons (Fsp3) is 0.545. The summed E-state index contributed by atoms with van der Waals surface area (Å²) in [5.74, 6) is 0.419. The van der Waals surface area contributed by atoms with Crippen molar-refractivity contribution in [1.29, 1.82) is 0 Å². The molecule has 0 bridgehead atoms. The topological polar surface area (TPSA) is 40.0 Å². The van der Waals surface area contributed by atoms with Gasteiger partial charge in [0, 0.05) is 25.3 Å². The molecule has 0 heterocycles. The minimum atomic E-state index is -0.244. The Bertz CT molecular complexity index is 593. The van der Waals surface area contributed by atoms with Gasteiger partial charge >= 0.3 is 0 Å². The molecular formula is C22H35FN4. The van der Waals surface area contributed by atoms with Crippen LogP contribution in [0.3, 0.4) is 0 Å². The lowest BCUT2D eigenvalue weighted by Crippen LogP contribution is -2.25. The Kier molecular flexibility index (Phi) is 11.8. The number of nitrogens with one attached hydrogen (secondary N) is 1. The molecule has 1 N–H and O–H groups in total. The van der Waals surface area contributed by atoms with Crippen LogP contribution in [0.4, 0.5) is 10.1 Å². The standard InChI is InChI=1S/C22H35FN4/c1-5-8-10-11-17-25-22(24-16-9-6-2)26-18-19(4)27(7-3)21-14-12-20(23)13-15-21/h12-15,18H,4-11,16-17H2,1-3H3,(H,24,25)/b26-18-. The van der Waals surface area contributed by atoms with Crippen molar-refractivity contribution in [2.24, 2.45) is 9.98 Å². The van der Waals surface area contributed by atoms with E-state index in [-0.39, 0.29) is 5.82 Å².